The minimum absolute atomic E-state index is 0.0451. The average molecular weight is 291 g/mol. The molecule has 5 heteroatoms. The van der Waals surface area contributed by atoms with Gasteiger partial charge in [-0.25, -0.2) is 0 Å². The van der Waals surface area contributed by atoms with Crippen molar-refractivity contribution in [2.75, 3.05) is 13.1 Å². The van der Waals surface area contributed by atoms with Gasteiger partial charge in [0, 0.05) is 9.35 Å². The van der Waals surface area contributed by atoms with Crippen LogP contribution in [0.4, 0.5) is 0 Å². The summed E-state index contributed by atoms with van der Waals surface area (Å²) in [5, 5.41) is 7.92. The second-order valence-corrected chi connectivity index (χ2v) is 5.00. The number of thiophene rings is 1. The number of carbonyl (C=O) groups is 1. The first-order valence-corrected chi connectivity index (χ1v) is 6.60. The van der Waals surface area contributed by atoms with E-state index in [0.717, 1.165) is 22.3 Å². The molecule has 3 nitrogen and oxygen atoms in total. The van der Waals surface area contributed by atoms with Crippen LogP contribution >= 0.6 is 27.3 Å². The number of nitrogens with one attached hydrogen (secondary N) is 2. The van der Waals surface area contributed by atoms with Crippen molar-refractivity contribution in [2.24, 2.45) is 0 Å². The van der Waals surface area contributed by atoms with Gasteiger partial charge >= 0.3 is 0 Å². The van der Waals surface area contributed by atoms with Crippen LogP contribution < -0.4 is 10.6 Å². The van der Waals surface area contributed by atoms with Crippen molar-refractivity contribution in [2.45, 2.75) is 19.9 Å². The third kappa shape index (κ3) is 4.77. The van der Waals surface area contributed by atoms with Gasteiger partial charge in [-0.3, -0.25) is 4.79 Å². The summed E-state index contributed by atoms with van der Waals surface area (Å²) < 4.78 is 1.06. The molecule has 2 N–H and O–H groups in total. The van der Waals surface area contributed by atoms with E-state index in [9.17, 15) is 4.79 Å². The highest BCUT2D eigenvalue weighted by molar-refractivity contribution is 9.10. The molecule has 0 saturated heterocycles. The Bertz CT molecular complexity index is 314. The third-order valence-electron chi connectivity index (χ3n) is 1.85. The quantitative estimate of drug-likeness (QED) is 0.788. The minimum Gasteiger partial charge on any atom is -0.350 e. The molecule has 0 fully saturated rings. The fourth-order valence-electron chi connectivity index (χ4n) is 1.07. The molecule has 1 rings (SSSR count). The fraction of sp³-hybridized carbons (Fsp3) is 0.500. The van der Waals surface area contributed by atoms with E-state index in [1.807, 2.05) is 11.4 Å². The van der Waals surface area contributed by atoms with E-state index in [2.05, 4.69) is 33.5 Å². The highest BCUT2D eigenvalue weighted by atomic mass is 79.9. The molecule has 0 radical (unpaired) electrons. The third-order valence-corrected chi connectivity index (χ3v) is 3.78. The van der Waals surface area contributed by atoms with Crippen LogP contribution in [0.2, 0.25) is 0 Å². The number of amides is 1. The van der Waals surface area contributed by atoms with Gasteiger partial charge in [-0.15, -0.1) is 11.3 Å². The maximum absolute atomic E-state index is 11.3. The van der Waals surface area contributed by atoms with Crippen LogP contribution in [0, 0.1) is 0 Å². The van der Waals surface area contributed by atoms with Crippen LogP contribution in [0.1, 0.15) is 18.2 Å². The molecule has 1 heterocycles. The van der Waals surface area contributed by atoms with Crippen LogP contribution in [-0.4, -0.2) is 19.0 Å². The smallest absolute Gasteiger partial charge is 0.234 e. The van der Waals surface area contributed by atoms with Gasteiger partial charge in [-0.05, 0) is 40.3 Å². The first kappa shape index (κ1) is 12.7. The van der Waals surface area contributed by atoms with Crippen molar-refractivity contribution in [3.63, 3.8) is 0 Å². The molecule has 0 aromatic carbocycles. The highest BCUT2D eigenvalue weighted by Gasteiger charge is 2.03. The average Bonchev–Trinajstić information content (AvgIpc) is 2.61. The Morgan fingerprint density at radius 2 is 2.40 bits per heavy atom. The summed E-state index contributed by atoms with van der Waals surface area (Å²) in [6.45, 7) is 3.96. The van der Waals surface area contributed by atoms with E-state index >= 15 is 0 Å². The monoisotopic (exact) mass is 290 g/mol. The lowest BCUT2D eigenvalue weighted by Crippen LogP contribution is -2.33. The molecule has 0 atom stereocenters. The molecule has 0 saturated carbocycles. The molecule has 0 spiro atoms. The van der Waals surface area contributed by atoms with E-state index in [-0.39, 0.29) is 5.91 Å². The Morgan fingerprint density at radius 1 is 1.60 bits per heavy atom. The number of halogens is 1. The van der Waals surface area contributed by atoms with Gasteiger partial charge in [-0.1, -0.05) is 6.92 Å². The van der Waals surface area contributed by atoms with Crippen LogP contribution in [0.15, 0.2) is 15.9 Å². The van der Waals surface area contributed by atoms with Gasteiger partial charge in [0.15, 0.2) is 0 Å². The Morgan fingerprint density at radius 3 is 3.00 bits per heavy atom. The molecule has 0 unspecified atom stereocenters. The van der Waals surface area contributed by atoms with Gasteiger partial charge in [-0.2, -0.15) is 0 Å². The molecule has 1 aromatic rings. The van der Waals surface area contributed by atoms with Gasteiger partial charge in [0.2, 0.25) is 5.91 Å². The largest absolute Gasteiger partial charge is 0.350 e. The summed E-state index contributed by atoms with van der Waals surface area (Å²) in [4.78, 5) is 12.5. The van der Waals surface area contributed by atoms with Crippen molar-refractivity contribution in [1.29, 1.82) is 0 Å². The lowest BCUT2D eigenvalue weighted by atomic mass is 10.4. The van der Waals surface area contributed by atoms with E-state index in [1.54, 1.807) is 11.3 Å². The lowest BCUT2D eigenvalue weighted by molar-refractivity contribution is -0.120. The molecule has 0 aliphatic heterocycles. The topological polar surface area (TPSA) is 41.1 Å². The van der Waals surface area contributed by atoms with Crippen LogP contribution in [0.5, 0.6) is 0 Å². The van der Waals surface area contributed by atoms with Gasteiger partial charge in [0.05, 0.1) is 13.1 Å². The lowest BCUT2D eigenvalue weighted by Gasteiger charge is -2.04. The SMILES string of the molecule is CCCNCC(=O)NCc1sccc1Br. The molecular weight excluding hydrogens is 276 g/mol. The van der Waals surface area contributed by atoms with Crippen LogP contribution in [0.3, 0.4) is 0 Å². The predicted molar refractivity (Wildman–Crippen MR) is 67.0 cm³/mol. The number of hydrogen-bond acceptors (Lipinski definition) is 3. The molecule has 1 amide bonds. The van der Waals surface area contributed by atoms with E-state index < -0.39 is 0 Å². The second-order valence-electron chi connectivity index (χ2n) is 3.15. The summed E-state index contributed by atoms with van der Waals surface area (Å²) in [7, 11) is 0. The molecule has 0 aliphatic rings. The molecule has 0 aliphatic carbocycles. The predicted octanol–water partition coefficient (Wildman–Crippen LogP) is 2.13. The van der Waals surface area contributed by atoms with Crippen molar-refractivity contribution in [1.82, 2.24) is 10.6 Å². The molecule has 1 aromatic heterocycles. The van der Waals surface area contributed by atoms with Crippen molar-refractivity contribution in [3.05, 3.63) is 20.8 Å². The molecular formula is C10H15BrN2OS. The Hall–Kier alpha value is -0.390. The normalized spacial score (nSPS) is 10.3. The summed E-state index contributed by atoms with van der Waals surface area (Å²) in [5.74, 6) is 0.0451. The van der Waals surface area contributed by atoms with E-state index in [0.29, 0.717) is 13.1 Å². The summed E-state index contributed by atoms with van der Waals surface area (Å²) in [6, 6.07) is 1.99. The zero-order valence-corrected chi connectivity index (χ0v) is 11.1. The van der Waals surface area contributed by atoms with E-state index in [4.69, 9.17) is 0 Å². The maximum Gasteiger partial charge on any atom is 0.234 e. The van der Waals surface area contributed by atoms with Crippen LogP contribution in [-0.2, 0) is 11.3 Å². The van der Waals surface area contributed by atoms with Gasteiger partial charge in [0.25, 0.3) is 0 Å². The Labute approximate surface area is 102 Å². The first-order chi connectivity index (χ1) is 7.24. The van der Waals surface area contributed by atoms with Gasteiger partial charge in [0.1, 0.15) is 0 Å². The van der Waals surface area contributed by atoms with Crippen molar-refractivity contribution >= 4 is 33.2 Å². The standard InChI is InChI=1S/C10H15BrN2OS/c1-2-4-12-7-10(14)13-6-9-8(11)3-5-15-9/h3,5,12H,2,4,6-7H2,1H3,(H,13,14). The summed E-state index contributed by atoms with van der Waals surface area (Å²) in [6.07, 6.45) is 1.05. The van der Waals surface area contributed by atoms with E-state index in [1.165, 1.54) is 0 Å². The second kappa shape index (κ2) is 6.98. The summed E-state index contributed by atoms with van der Waals surface area (Å²) in [5.41, 5.74) is 0. The van der Waals surface area contributed by atoms with Crippen molar-refractivity contribution < 1.29 is 4.79 Å². The Kier molecular flexibility index (Phi) is 5.90. The summed E-state index contributed by atoms with van der Waals surface area (Å²) >= 11 is 5.06. The fourth-order valence-corrected chi connectivity index (χ4v) is 2.50. The Balaban J connectivity index is 2.20. The first-order valence-electron chi connectivity index (χ1n) is 4.93. The number of hydrogen-bond donors (Lipinski definition) is 2. The minimum atomic E-state index is 0.0451. The highest BCUT2D eigenvalue weighted by Crippen LogP contribution is 2.21. The maximum atomic E-state index is 11.3. The van der Waals surface area contributed by atoms with Crippen LogP contribution in [0.25, 0.3) is 0 Å². The number of carbonyl (C=O) groups excluding carboxylic acids is 1. The van der Waals surface area contributed by atoms with Gasteiger partial charge < -0.3 is 10.6 Å². The number of rotatable bonds is 6. The molecule has 84 valence electrons. The van der Waals surface area contributed by atoms with Crippen molar-refractivity contribution in [3.8, 4) is 0 Å². The zero-order valence-electron chi connectivity index (χ0n) is 8.68. The molecule has 0 bridgehead atoms. The zero-order chi connectivity index (χ0) is 11.1. The molecule has 15 heavy (non-hydrogen) atoms.